The first-order valence-electron chi connectivity index (χ1n) is 9.37. The standard InChI is InChI=1S/C20H24N4O4/c1-11(12-5-4-6-13(7-12)27-3)24-17(8-16(23-24)19(25)21-2)20(26)22-18-14-9-28-10-15(14)18/h4-8,11,14-15,18H,9-10H2,1-3H3,(H,21,25)(H,22,26)/t11-,14-,15+,18+/m0/s1. The van der Waals surface area contributed by atoms with Gasteiger partial charge in [-0.25, -0.2) is 0 Å². The lowest BCUT2D eigenvalue weighted by atomic mass is 10.1. The minimum absolute atomic E-state index is 0.139. The molecule has 1 aromatic carbocycles. The molecule has 2 N–H and O–H groups in total. The zero-order chi connectivity index (χ0) is 19.8. The molecule has 0 bridgehead atoms. The molecule has 28 heavy (non-hydrogen) atoms. The van der Waals surface area contributed by atoms with Gasteiger partial charge < -0.3 is 20.1 Å². The monoisotopic (exact) mass is 384 g/mol. The van der Waals surface area contributed by atoms with Crippen LogP contribution in [0.5, 0.6) is 5.75 Å². The largest absolute Gasteiger partial charge is 0.497 e. The summed E-state index contributed by atoms with van der Waals surface area (Å²) in [7, 11) is 3.15. The molecule has 148 valence electrons. The van der Waals surface area contributed by atoms with Crippen LogP contribution < -0.4 is 15.4 Å². The van der Waals surface area contributed by atoms with Crippen LogP contribution >= 0.6 is 0 Å². The topological polar surface area (TPSA) is 94.5 Å². The normalized spacial score (nSPS) is 23.6. The van der Waals surface area contributed by atoms with Crippen molar-refractivity contribution in [2.24, 2.45) is 11.8 Å². The summed E-state index contributed by atoms with van der Waals surface area (Å²) in [6.45, 7) is 3.32. The van der Waals surface area contributed by atoms with Gasteiger partial charge >= 0.3 is 0 Å². The van der Waals surface area contributed by atoms with Gasteiger partial charge in [-0.05, 0) is 24.6 Å². The third-order valence-electron chi connectivity index (χ3n) is 5.62. The molecule has 8 nitrogen and oxygen atoms in total. The molecule has 4 atom stereocenters. The van der Waals surface area contributed by atoms with Gasteiger partial charge in [-0.15, -0.1) is 0 Å². The van der Waals surface area contributed by atoms with E-state index in [1.807, 2.05) is 31.2 Å². The van der Waals surface area contributed by atoms with Gasteiger partial charge in [-0.3, -0.25) is 14.3 Å². The Kier molecular flexibility index (Phi) is 4.80. The Morgan fingerprint density at radius 2 is 2.00 bits per heavy atom. The van der Waals surface area contributed by atoms with E-state index in [1.165, 1.54) is 7.05 Å². The van der Waals surface area contributed by atoms with Gasteiger partial charge in [0, 0.05) is 31.0 Å². The van der Waals surface area contributed by atoms with E-state index in [9.17, 15) is 9.59 Å². The van der Waals surface area contributed by atoms with Gasteiger partial charge in [0.2, 0.25) is 0 Å². The Hall–Kier alpha value is -2.87. The van der Waals surface area contributed by atoms with Crippen LogP contribution in [0.25, 0.3) is 0 Å². The SMILES string of the molecule is CNC(=O)c1cc(C(=O)N[C@H]2[C@@H]3COC[C@@H]32)n([C@@H](C)c2cccc(OC)c2)n1. The molecule has 0 unspecified atom stereocenters. The molecule has 2 aromatic rings. The summed E-state index contributed by atoms with van der Waals surface area (Å²) in [4.78, 5) is 25.1. The fourth-order valence-electron chi connectivity index (χ4n) is 3.82. The molecular formula is C20H24N4O4. The van der Waals surface area contributed by atoms with Crippen molar-refractivity contribution in [1.29, 1.82) is 0 Å². The van der Waals surface area contributed by atoms with Crippen molar-refractivity contribution in [2.45, 2.75) is 19.0 Å². The van der Waals surface area contributed by atoms with Crippen LogP contribution in [0.1, 0.15) is 39.5 Å². The highest BCUT2D eigenvalue weighted by atomic mass is 16.5. The molecule has 1 aliphatic heterocycles. The number of nitrogens with zero attached hydrogens (tertiary/aromatic N) is 2. The quantitative estimate of drug-likeness (QED) is 0.781. The molecule has 2 aliphatic rings. The summed E-state index contributed by atoms with van der Waals surface area (Å²) in [6.07, 6.45) is 0. The number of rotatable bonds is 6. The molecule has 1 saturated carbocycles. The molecule has 0 radical (unpaired) electrons. The second kappa shape index (κ2) is 7.27. The van der Waals surface area contributed by atoms with Crippen molar-refractivity contribution in [2.75, 3.05) is 27.4 Å². The molecule has 1 aromatic heterocycles. The number of amides is 2. The molecule has 2 amide bonds. The van der Waals surface area contributed by atoms with Gasteiger partial charge in [0.15, 0.2) is 5.69 Å². The number of hydrogen-bond donors (Lipinski definition) is 2. The molecule has 8 heteroatoms. The Balaban J connectivity index is 1.63. The highest BCUT2D eigenvalue weighted by Crippen LogP contribution is 2.44. The summed E-state index contributed by atoms with van der Waals surface area (Å²) < 4.78 is 12.3. The minimum atomic E-state index is -0.331. The number of carbonyl (C=O) groups excluding carboxylic acids is 2. The first-order chi connectivity index (χ1) is 13.5. The van der Waals surface area contributed by atoms with Crippen LogP contribution in [0.2, 0.25) is 0 Å². The average Bonchev–Trinajstić information content (AvgIpc) is 3.13. The second-order valence-electron chi connectivity index (χ2n) is 7.26. The van der Waals surface area contributed by atoms with Crippen LogP contribution in [0.4, 0.5) is 0 Å². The van der Waals surface area contributed by atoms with E-state index in [2.05, 4.69) is 15.7 Å². The second-order valence-corrected chi connectivity index (χ2v) is 7.26. The molecular weight excluding hydrogens is 360 g/mol. The summed E-state index contributed by atoms with van der Waals surface area (Å²) in [5, 5.41) is 10.0. The van der Waals surface area contributed by atoms with Gasteiger partial charge in [-0.2, -0.15) is 5.10 Å². The molecule has 2 heterocycles. The lowest BCUT2D eigenvalue weighted by Crippen LogP contribution is -2.32. The smallest absolute Gasteiger partial charge is 0.271 e. The van der Waals surface area contributed by atoms with Crippen molar-refractivity contribution in [3.05, 3.63) is 47.3 Å². The maximum absolute atomic E-state index is 13.0. The number of nitrogens with one attached hydrogen (secondary N) is 2. The number of hydrogen-bond acceptors (Lipinski definition) is 5. The molecule has 4 rings (SSSR count). The Morgan fingerprint density at radius 1 is 1.25 bits per heavy atom. The summed E-state index contributed by atoms with van der Waals surface area (Å²) in [5.74, 6) is 0.961. The highest BCUT2D eigenvalue weighted by Gasteiger charge is 2.55. The first-order valence-corrected chi connectivity index (χ1v) is 9.37. The highest BCUT2D eigenvalue weighted by molar-refractivity contribution is 5.98. The Morgan fingerprint density at radius 3 is 2.68 bits per heavy atom. The van der Waals surface area contributed by atoms with E-state index in [4.69, 9.17) is 9.47 Å². The van der Waals surface area contributed by atoms with Gasteiger partial charge in [-0.1, -0.05) is 12.1 Å². The average molecular weight is 384 g/mol. The van der Waals surface area contributed by atoms with E-state index in [0.29, 0.717) is 30.7 Å². The maximum Gasteiger partial charge on any atom is 0.271 e. The molecule has 2 fully saturated rings. The van der Waals surface area contributed by atoms with E-state index in [-0.39, 0.29) is 29.6 Å². The zero-order valence-corrected chi connectivity index (χ0v) is 16.1. The van der Waals surface area contributed by atoms with Crippen molar-refractivity contribution >= 4 is 11.8 Å². The minimum Gasteiger partial charge on any atom is -0.497 e. The van der Waals surface area contributed by atoms with Gasteiger partial charge in [0.25, 0.3) is 11.8 Å². The third-order valence-corrected chi connectivity index (χ3v) is 5.62. The van der Waals surface area contributed by atoms with Gasteiger partial charge in [0.05, 0.1) is 26.4 Å². The van der Waals surface area contributed by atoms with E-state index < -0.39 is 0 Å². The van der Waals surface area contributed by atoms with Crippen LogP contribution in [-0.4, -0.2) is 55.0 Å². The summed E-state index contributed by atoms with van der Waals surface area (Å²) >= 11 is 0. The lowest BCUT2D eigenvalue weighted by molar-refractivity contribution is 0.0915. The first kappa shape index (κ1) is 18.5. The van der Waals surface area contributed by atoms with Crippen molar-refractivity contribution in [3.8, 4) is 5.75 Å². The lowest BCUT2D eigenvalue weighted by Gasteiger charge is -2.17. The molecule has 1 saturated heterocycles. The Labute approximate surface area is 163 Å². The summed E-state index contributed by atoms with van der Waals surface area (Å²) in [5.41, 5.74) is 1.50. The van der Waals surface area contributed by atoms with Crippen LogP contribution in [0.15, 0.2) is 30.3 Å². The Bertz CT molecular complexity index is 899. The van der Waals surface area contributed by atoms with Crippen LogP contribution in [0, 0.1) is 11.8 Å². The number of aromatic nitrogens is 2. The number of methoxy groups -OCH3 is 1. The number of carbonyl (C=O) groups is 2. The predicted molar refractivity (Wildman–Crippen MR) is 101 cm³/mol. The molecule has 1 aliphatic carbocycles. The van der Waals surface area contributed by atoms with Crippen molar-refractivity contribution < 1.29 is 19.1 Å². The number of ether oxygens (including phenoxy) is 2. The fraction of sp³-hybridized carbons (Fsp3) is 0.450. The van der Waals surface area contributed by atoms with E-state index >= 15 is 0 Å². The number of fused-ring (bicyclic) bond motifs is 1. The fourth-order valence-corrected chi connectivity index (χ4v) is 3.82. The third kappa shape index (κ3) is 3.24. The maximum atomic E-state index is 13.0. The molecule has 0 spiro atoms. The van der Waals surface area contributed by atoms with E-state index in [0.717, 1.165) is 11.3 Å². The van der Waals surface area contributed by atoms with Crippen LogP contribution in [0.3, 0.4) is 0 Å². The zero-order valence-electron chi connectivity index (χ0n) is 16.1. The van der Waals surface area contributed by atoms with E-state index in [1.54, 1.807) is 17.9 Å². The summed E-state index contributed by atoms with van der Waals surface area (Å²) in [6, 6.07) is 9.01. The van der Waals surface area contributed by atoms with Crippen LogP contribution in [-0.2, 0) is 4.74 Å². The van der Waals surface area contributed by atoms with Crippen molar-refractivity contribution in [1.82, 2.24) is 20.4 Å². The predicted octanol–water partition coefficient (Wildman–Crippen LogP) is 1.24. The van der Waals surface area contributed by atoms with Crippen molar-refractivity contribution in [3.63, 3.8) is 0 Å². The number of benzene rings is 1. The van der Waals surface area contributed by atoms with Gasteiger partial charge in [0.1, 0.15) is 11.4 Å².